The van der Waals surface area contributed by atoms with Gasteiger partial charge in [-0.05, 0) is 37.0 Å². The van der Waals surface area contributed by atoms with Crippen LogP contribution in [-0.4, -0.2) is 44.3 Å². The van der Waals surface area contributed by atoms with Gasteiger partial charge in [0.05, 0.1) is 18.3 Å². The van der Waals surface area contributed by atoms with E-state index in [0.29, 0.717) is 6.54 Å². The van der Waals surface area contributed by atoms with E-state index in [1.54, 1.807) is 11.8 Å². The van der Waals surface area contributed by atoms with Crippen LogP contribution >= 0.6 is 11.8 Å². The largest absolute Gasteiger partial charge is 0.340 e. The predicted octanol–water partition coefficient (Wildman–Crippen LogP) is 4.27. The lowest BCUT2D eigenvalue weighted by molar-refractivity contribution is 0.144. The first-order valence-corrected chi connectivity index (χ1v) is 10.2. The molecule has 2 unspecified atom stereocenters. The summed E-state index contributed by atoms with van der Waals surface area (Å²) in [6.07, 6.45) is 1.82. The summed E-state index contributed by atoms with van der Waals surface area (Å²) in [5, 5.41) is 2.14. The number of nitrogens with zero attached hydrogens (tertiary/aromatic N) is 4. The van der Waals surface area contributed by atoms with Gasteiger partial charge in [-0.1, -0.05) is 48.2 Å². The summed E-state index contributed by atoms with van der Waals surface area (Å²) in [5.41, 5.74) is 3.36. The summed E-state index contributed by atoms with van der Waals surface area (Å²) >= 11 is 1.70. The van der Waals surface area contributed by atoms with E-state index < -0.39 is 0 Å². The number of rotatable bonds is 5. The van der Waals surface area contributed by atoms with Gasteiger partial charge in [0.25, 0.3) is 0 Å². The van der Waals surface area contributed by atoms with Crippen LogP contribution < -0.4 is 0 Å². The van der Waals surface area contributed by atoms with Crippen LogP contribution in [0, 0.1) is 0 Å². The highest BCUT2D eigenvalue weighted by atomic mass is 32.2. The summed E-state index contributed by atoms with van der Waals surface area (Å²) in [6.45, 7) is 6.41. The Morgan fingerprint density at radius 2 is 1.93 bits per heavy atom. The summed E-state index contributed by atoms with van der Waals surface area (Å²) in [6, 6.07) is 16.4. The van der Waals surface area contributed by atoms with Gasteiger partial charge >= 0.3 is 6.03 Å². The van der Waals surface area contributed by atoms with E-state index in [9.17, 15) is 4.79 Å². The molecule has 0 bridgehead atoms. The van der Waals surface area contributed by atoms with Crippen LogP contribution in [0.3, 0.4) is 0 Å². The standard InChI is InChI=1S/C21H24N4OS/c1-16-15-27-21(25(16)14-19-10-6-7-11-22-19)24-13-12-23(20(24)26)17(2)18-8-4-3-5-9-18/h3-11,15,17,21H,12-14H2,1-2H3. The van der Waals surface area contributed by atoms with Gasteiger partial charge in [-0.3, -0.25) is 9.88 Å². The molecule has 1 aromatic carbocycles. The Hall–Kier alpha value is -2.47. The molecule has 140 valence electrons. The van der Waals surface area contributed by atoms with Crippen LogP contribution in [0.15, 0.2) is 65.8 Å². The molecule has 1 aromatic heterocycles. The molecule has 2 aromatic rings. The fourth-order valence-electron chi connectivity index (χ4n) is 3.63. The van der Waals surface area contributed by atoms with Crippen LogP contribution in [0.2, 0.25) is 0 Å². The van der Waals surface area contributed by atoms with E-state index in [-0.39, 0.29) is 17.6 Å². The number of thioether (sulfide) groups is 1. The van der Waals surface area contributed by atoms with Crippen molar-refractivity contribution in [3.63, 3.8) is 0 Å². The van der Waals surface area contributed by atoms with E-state index in [2.05, 4.69) is 41.3 Å². The second-order valence-electron chi connectivity index (χ2n) is 6.93. The molecule has 0 N–H and O–H groups in total. The first-order chi connectivity index (χ1) is 13.1. The summed E-state index contributed by atoms with van der Waals surface area (Å²) < 4.78 is 0. The average Bonchev–Trinajstić information content (AvgIpc) is 3.25. The monoisotopic (exact) mass is 380 g/mol. The molecular formula is C21H24N4OS. The van der Waals surface area contributed by atoms with Gasteiger partial charge < -0.3 is 9.80 Å². The van der Waals surface area contributed by atoms with Crippen molar-refractivity contribution in [1.82, 2.24) is 19.7 Å². The van der Waals surface area contributed by atoms with Crippen LogP contribution in [0.4, 0.5) is 4.79 Å². The zero-order chi connectivity index (χ0) is 18.8. The lowest BCUT2D eigenvalue weighted by Gasteiger charge is -2.34. The number of allylic oxidation sites excluding steroid dienone is 1. The Morgan fingerprint density at radius 3 is 2.67 bits per heavy atom. The smallest absolute Gasteiger partial charge is 0.322 e. The Morgan fingerprint density at radius 1 is 1.15 bits per heavy atom. The van der Waals surface area contributed by atoms with Gasteiger partial charge in [0.15, 0.2) is 5.50 Å². The molecule has 2 aliphatic heterocycles. The molecule has 0 radical (unpaired) electrons. The molecule has 2 amide bonds. The summed E-state index contributed by atoms with van der Waals surface area (Å²) in [4.78, 5) is 23.9. The second kappa shape index (κ2) is 7.64. The van der Waals surface area contributed by atoms with Crippen molar-refractivity contribution >= 4 is 17.8 Å². The van der Waals surface area contributed by atoms with Crippen molar-refractivity contribution < 1.29 is 4.79 Å². The maximum atomic E-state index is 13.2. The highest BCUT2D eigenvalue weighted by Gasteiger charge is 2.40. The molecule has 0 aliphatic carbocycles. The number of urea groups is 1. The zero-order valence-corrected chi connectivity index (χ0v) is 16.5. The number of pyridine rings is 1. The quantitative estimate of drug-likeness (QED) is 0.776. The zero-order valence-electron chi connectivity index (χ0n) is 15.7. The lowest BCUT2D eigenvalue weighted by Crippen LogP contribution is -2.45. The van der Waals surface area contributed by atoms with E-state index in [0.717, 1.165) is 18.8 Å². The normalized spacial score (nSPS) is 21.0. The minimum atomic E-state index is -0.00696. The van der Waals surface area contributed by atoms with Crippen molar-refractivity contribution in [2.24, 2.45) is 0 Å². The topological polar surface area (TPSA) is 39.7 Å². The van der Waals surface area contributed by atoms with Crippen molar-refractivity contribution in [2.75, 3.05) is 13.1 Å². The Balaban J connectivity index is 1.49. The first-order valence-electron chi connectivity index (χ1n) is 9.26. The van der Waals surface area contributed by atoms with Crippen molar-refractivity contribution in [2.45, 2.75) is 31.9 Å². The van der Waals surface area contributed by atoms with E-state index in [4.69, 9.17) is 0 Å². The minimum Gasteiger partial charge on any atom is -0.340 e. The fraction of sp³-hybridized carbons (Fsp3) is 0.333. The van der Waals surface area contributed by atoms with Gasteiger partial charge in [0, 0.05) is 25.0 Å². The van der Waals surface area contributed by atoms with E-state index >= 15 is 0 Å². The predicted molar refractivity (Wildman–Crippen MR) is 109 cm³/mol. The van der Waals surface area contributed by atoms with E-state index in [1.807, 2.05) is 52.4 Å². The van der Waals surface area contributed by atoms with Gasteiger partial charge in [-0.2, -0.15) is 0 Å². The third-order valence-corrected chi connectivity index (χ3v) is 6.46. The minimum absolute atomic E-state index is 0.00696. The Kier molecular flexibility index (Phi) is 5.07. The third kappa shape index (κ3) is 3.54. The maximum absolute atomic E-state index is 13.2. The first kappa shape index (κ1) is 17.9. The van der Waals surface area contributed by atoms with Crippen LogP contribution in [-0.2, 0) is 6.54 Å². The average molecular weight is 381 g/mol. The van der Waals surface area contributed by atoms with Crippen molar-refractivity contribution in [1.29, 1.82) is 0 Å². The number of carbonyl (C=O) groups excluding carboxylic acids is 1. The Labute approximate surface area is 164 Å². The molecule has 27 heavy (non-hydrogen) atoms. The van der Waals surface area contributed by atoms with E-state index in [1.165, 1.54) is 11.3 Å². The number of hydrogen-bond donors (Lipinski definition) is 0. The molecule has 3 heterocycles. The molecule has 4 rings (SSSR count). The molecule has 0 spiro atoms. The maximum Gasteiger partial charge on any atom is 0.322 e. The molecule has 2 aliphatic rings. The van der Waals surface area contributed by atoms with Crippen LogP contribution in [0.25, 0.3) is 0 Å². The number of benzene rings is 1. The molecule has 2 atom stereocenters. The lowest BCUT2D eigenvalue weighted by atomic mass is 10.1. The van der Waals surface area contributed by atoms with Crippen molar-refractivity contribution in [3.05, 3.63) is 77.1 Å². The van der Waals surface area contributed by atoms with Gasteiger partial charge in [-0.15, -0.1) is 0 Å². The summed E-state index contributed by atoms with van der Waals surface area (Å²) in [7, 11) is 0. The second-order valence-corrected chi connectivity index (χ2v) is 7.86. The molecule has 6 heteroatoms. The Bertz CT molecular complexity index is 827. The van der Waals surface area contributed by atoms with Gasteiger partial charge in [0.1, 0.15) is 0 Å². The highest BCUT2D eigenvalue weighted by Crippen LogP contribution is 2.37. The van der Waals surface area contributed by atoms with Gasteiger partial charge in [-0.25, -0.2) is 4.79 Å². The van der Waals surface area contributed by atoms with Crippen LogP contribution in [0.5, 0.6) is 0 Å². The third-order valence-electron chi connectivity index (χ3n) is 5.23. The number of amides is 2. The molecule has 1 saturated heterocycles. The number of hydrogen-bond acceptors (Lipinski definition) is 4. The SMILES string of the molecule is CC1=CSC(N2CCN(C(C)c3ccccc3)C2=O)N1Cc1ccccn1. The van der Waals surface area contributed by atoms with Crippen LogP contribution in [0.1, 0.15) is 31.1 Å². The van der Waals surface area contributed by atoms with Crippen molar-refractivity contribution in [3.8, 4) is 0 Å². The number of carbonyl (C=O) groups is 1. The number of aromatic nitrogens is 1. The summed E-state index contributed by atoms with van der Waals surface area (Å²) in [5.74, 6) is 0. The fourth-order valence-corrected chi connectivity index (χ4v) is 4.82. The molecule has 1 fully saturated rings. The van der Waals surface area contributed by atoms with Gasteiger partial charge in [0.2, 0.25) is 0 Å². The molecular weight excluding hydrogens is 356 g/mol. The highest BCUT2D eigenvalue weighted by molar-refractivity contribution is 8.02. The molecule has 5 nitrogen and oxygen atoms in total. The molecule has 0 saturated carbocycles.